The minimum atomic E-state index is -0.721. The first kappa shape index (κ1) is 11.1. The molecule has 0 aromatic heterocycles. The summed E-state index contributed by atoms with van der Waals surface area (Å²) in [6, 6.07) is 0. The molecule has 0 fully saturated rings. The lowest BCUT2D eigenvalue weighted by Gasteiger charge is -2.12. The number of methoxy groups -OCH3 is 1. The normalized spacial score (nSPS) is 15.6. The van der Waals surface area contributed by atoms with Gasteiger partial charge in [0.1, 0.15) is 5.38 Å². The average Bonchev–Trinajstić information content (AvgIpc) is 2.02. The van der Waals surface area contributed by atoms with Crippen LogP contribution in [0.3, 0.4) is 0 Å². The molecule has 0 saturated carbocycles. The third kappa shape index (κ3) is 3.82. The predicted molar refractivity (Wildman–Crippen MR) is 46.2 cm³/mol. The molecule has 2 unspecified atom stereocenters. The summed E-state index contributed by atoms with van der Waals surface area (Å²) in [5.41, 5.74) is 0. The Morgan fingerprint density at radius 3 is 2.45 bits per heavy atom. The van der Waals surface area contributed by atoms with Gasteiger partial charge >= 0.3 is 5.97 Å². The zero-order valence-electron chi connectivity index (χ0n) is 6.64. The summed E-state index contributed by atoms with van der Waals surface area (Å²) in [7, 11) is 1.30. The van der Waals surface area contributed by atoms with E-state index in [9.17, 15) is 4.79 Å². The first-order valence-electron chi connectivity index (χ1n) is 3.49. The van der Waals surface area contributed by atoms with Crippen molar-refractivity contribution >= 4 is 29.2 Å². The summed E-state index contributed by atoms with van der Waals surface area (Å²) >= 11 is 11.4. The van der Waals surface area contributed by atoms with E-state index in [-0.39, 0.29) is 5.38 Å². The van der Waals surface area contributed by atoms with Crippen molar-refractivity contribution in [2.45, 2.75) is 30.5 Å². The number of esters is 1. The first-order valence-corrected chi connectivity index (χ1v) is 4.36. The van der Waals surface area contributed by atoms with Crippen LogP contribution in [0.4, 0.5) is 0 Å². The molecule has 0 aromatic carbocycles. The fraction of sp³-hybridized carbons (Fsp3) is 0.857. The molecule has 0 heterocycles. The molecule has 0 radical (unpaired) electrons. The lowest BCUT2D eigenvalue weighted by molar-refractivity contribution is -0.140. The summed E-state index contributed by atoms with van der Waals surface area (Å²) in [5, 5.41) is -1.05. The van der Waals surface area contributed by atoms with E-state index in [1.807, 2.05) is 6.92 Å². The Balaban J connectivity index is 3.80. The molecule has 66 valence electrons. The summed E-state index contributed by atoms with van der Waals surface area (Å²) in [4.78, 5) is 10.8. The fourth-order valence-electron chi connectivity index (χ4n) is 0.682. The van der Waals surface area contributed by atoms with Crippen molar-refractivity contribution in [3.05, 3.63) is 0 Å². The van der Waals surface area contributed by atoms with E-state index in [1.165, 1.54) is 7.11 Å². The summed E-state index contributed by atoms with van der Waals surface area (Å²) in [6.07, 6.45) is 1.64. The molecule has 0 amide bonds. The van der Waals surface area contributed by atoms with Crippen LogP contribution in [0.1, 0.15) is 19.8 Å². The number of alkyl halides is 2. The van der Waals surface area contributed by atoms with Crippen LogP contribution in [-0.2, 0) is 9.53 Å². The minimum absolute atomic E-state index is 0.325. The van der Waals surface area contributed by atoms with Crippen molar-refractivity contribution in [2.75, 3.05) is 7.11 Å². The van der Waals surface area contributed by atoms with Crippen LogP contribution in [0.5, 0.6) is 0 Å². The molecule has 0 aliphatic rings. The molecule has 0 aliphatic heterocycles. The molecule has 0 saturated heterocycles. The third-order valence-electron chi connectivity index (χ3n) is 1.31. The van der Waals surface area contributed by atoms with Crippen molar-refractivity contribution in [1.82, 2.24) is 0 Å². The Morgan fingerprint density at radius 2 is 2.09 bits per heavy atom. The van der Waals surface area contributed by atoms with Gasteiger partial charge in [-0.2, -0.15) is 0 Å². The highest BCUT2D eigenvalue weighted by Gasteiger charge is 2.23. The van der Waals surface area contributed by atoms with Gasteiger partial charge in [-0.1, -0.05) is 13.3 Å². The molecule has 2 atom stereocenters. The van der Waals surface area contributed by atoms with Gasteiger partial charge in [-0.3, -0.25) is 4.79 Å². The third-order valence-corrected chi connectivity index (χ3v) is 2.39. The van der Waals surface area contributed by atoms with Crippen LogP contribution >= 0.6 is 23.2 Å². The zero-order chi connectivity index (χ0) is 8.85. The second kappa shape index (κ2) is 5.67. The van der Waals surface area contributed by atoms with Crippen LogP contribution in [0.2, 0.25) is 0 Å². The Hall–Kier alpha value is 0.0500. The lowest BCUT2D eigenvalue weighted by Crippen LogP contribution is -2.26. The molecule has 0 bridgehead atoms. The maximum absolute atomic E-state index is 10.8. The van der Waals surface area contributed by atoms with Crippen LogP contribution < -0.4 is 0 Å². The topological polar surface area (TPSA) is 26.3 Å². The largest absolute Gasteiger partial charge is 0.468 e. The standard InChI is InChI=1S/C7H12Cl2O2/c1-3-4-5(8)6(9)7(10)11-2/h5-6H,3-4H2,1-2H3. The van der Waals surface area contributed by atoms with Gasteiger partial charge in [0.2, 0.25) is 0 Å². The molecule has 0 spiro atoms. The molecule has 2 nitrogen and oxygen atoms in total. The van der Waals surface area contributed by atoms with E-state index in [2.05, 4.69) is 4.74 Å². The highest BCUT2D eigenvalue weighted by Crippen LogP contribution is 2.16. The number of hydrogen-bond acceptors (Lipinski definition) is 2. The number of ether oxygens (including phenoxy) is 1. The molecular weight excluding hydrogens is 187 g/mol. The minimum Gasteiger partial charge on any atom is -0.468 e. The van der Waals surface area contributed by atoms with E-state index < -0.39 is 11.3 Å². The molecule has 11 heavy (non-hydrogen) atoms. The van der Waals surface area contributed by atoms with E-state index >= 15 is 0 Å². The second-order valence-corrected chi connectivity index (χ2v) is 3.26. The Labute approximate surface area is 76.8 Å². The Morgan fingerprint density at radius 1 is 1.55 bits per heavy atom. The smallest absolute Gasteiger partial charge is 0.325 e. The fourth-order valence-corrected chi connectivity index (χ4v) is 1.22. The van der Waals surface area contributed by atoms with Gasteiger partial charge in [-0.25, -0.2) is 0 Å². The maximum Gasteiger partial charge on any atom is 0.325 e. The van der Waals surface area contributed by atoms with Crippen molar-refractivity contribution in [2.24, 2.45) is 0 Å². The quantitative estimate of drug-likeness (QED) is 0.512. The van der Waals surface area contributed by atoms with Gasteiger partial charge in [-0.05, 0) is 6.42 Å². The van der Waals surface area contributed by atoms with Gasteiger partial charge in [0, 0.05) is 0 Å². The summed E-state index contributed by atoms with van der Waals surface area (Å²) in [6.45, 7) is 1.98. The molecule has 0 N–H and O–H groups in total. The SMILES string of the molecule is CCCC(Cl)C(Cl)C(=O)OC. The van der Waals surface area contributed by atoms with Crippen molar-refractivity contribution in [1.29, 1.82) is 0 Å². The van der Waals surface area contributed by atoms with Gasteiger partial charge in [0.05, 0.1) is 12.5 Å². The predicted octanol–water partition coefficient (Wildman–Crippen LogP) is 2.17. The number of carbonyl (C=O) groups excluding carboxylic acids is 1. The Bertz CT molecular complexity index is 128. The van der Waals surface area contributed by atoms with Crippen LogP contribution in [-0.4, -0.2) is 23.8 Å². The second-order valence-electron chi connectivity index (χ2n) is 2.23. The number of carbonyl (C=O) groups is 1. The highest BCUT2D eigenvalue weighted by atomic mass is 35.5. The molecule has 0 aromatic rings. The number of hydrogen-bond donors (Lipinski definition) is 0. The van der Waals surface area contributed by atoms with Crippen molar-refractivity contribution in [3.63, 3.8) is 0 Å². The van der Waals surface area contributed by atoms with Crippen molar-refractivity contribution in [3.8, 4) is 0 Å². The van der Waals surface area contributed by atoms with Gasteiger partial charge in [0.25, 0.3) is 0 Å². The lowest BCUT2D eigenvalue weighted by atomic mass is 10.2. The Kier molecular flexibility index (Phi) is 5.69. The maximum atomic E-state index is 10.8. The summed E-state index contributed by atoms with van der Waals surface area (Å²) in [5.74, 6) is -0.458. The van der Waals surface area contributed by atoms with E-state index in [1.54, 1.807) is 0 Å². The van der Waals surface area contributed by atoms with Crippen molar-refractivity contribution < 1.29 is 9.53 Å². The van der Waals surface area contributed by atoms with Gasteiger partial charge < -0.3 is 4.74 Å². The van der Waals surface area contributed by atoms with Crippen LogP contribution in [0, 0.1) is 0 Å². The van der Waals surface area contributed by atoms with Crippen LogP contribution in [0.25, 0.3) is 0 Å². The average molecular weight is 199 g/mol. The van der Waals surface area contributed by atoms with Gasteiger partial charge in [0.15, 0.2) is 0 Å². The zero-order valence-corrected chi connectivity index (χ0v) is 8.15. The molecule has 4 heteroatoms. The van der Waals surface area contributed by atoms with E-state index in [0.717, 1.165) is 12.8 Å². The van der Waals surface area contributed by atoms with E-state index in [0.29, 0.717) is 0 Å². The first-order chi connectivity index (χ1) is 5.13. The van der Waals surface area contributed by atoms with Gasteiger partial charge in [-0.15, -0.1) is 23.2 Å². The number of halogens is 2. The highest BCUT2D eigenvalue weighted by molar-refractivity contribution is 6.36. The molecular formula is C7H12Cl2O2. The summed E-state index contributed by atoms with van der Waals surface area (Å²) < 4.78 is 4.42. The van der Waals surface area contributed by atoms with E-state index in [4.69, 9.17) is 23.2 Å². The monoisotopic (exact) mass is 198 g/mol. The molecule has 0 aliphatic carbocycles. The van der Waals surface area contributed by atoms with Crippen LogP contribution in [0.15, 0.2) is 0 Å². The molecule has 0 rings (SSSR count). The number of rotatable bonds is 4.